The number of rotatable bonds is 8. The highest BCUT2D eigenvalue weighted by Crippen LogP contribution is 2.26. The molecule has 4 heteroatoms. The standard InChI is InChI=1S/C15H25BrN2O/c1-4-5-6-11(2)14(18-17)10-12-7-8-15(19-3)13(16)9-12/h7-9,11,14,18H,4-6,10,17H2,1-3H3. The predicted octanol–water partition coefficient (Wildman–Crippen LogP) is 3.66. The van der Waals surface area contributed by atoms with Crippen LogP contribution < -0.4 is 16.0 Å². The highest BCUT2D eigenvalue weighted by atomic mass is 79.9. The minimum atomic E-state index is 0.312. The fourth-order valence-corrected chi connectivity index (χ4v) is 2.83. The van der Waals surface area contributed by atoms with Gasteiger partial charge in [-0.05, 0) is 52.4 Å². The van der Waals surface area contributed by atoms with E-state index in [2.05, 4.69) is 47.3 Å². The van der Waals surface area contributed by atoms with Crippen molar-refractivity contribution in [1.82, 2.24) is 5.43 Å². The van der Waals surface area contributed by atoms with Crippen molar-refractivity contribution in [2.24, 2.45) is 11.8 Å². The van der Waals surface area contributed by atoms with Crippen LogP contribution in [0.2, 0.25) is 0 Å². The molecule has 1 rings (SSSR count). The largest absolute Gasteiger partial charge is 0.496 e. The summed E-state index contributed by atoms with van der Waals surface area (Å²) >= 11 is 3.52. The van der Waals surface area contributed by atoms with Gasteiger partial charge < -0.3 is 4.74 Å². The Labute approximate surface area is 125 Å². The number of unbranched alkanes of at least 4 members (excludes halogenated alkanes) is 1. The SMILES string of the molecule is CCCCC(C)C(Cc1ccc(OC)c(Br)c1)NN. The maximum absolute atomic E-state index is 5.70. The van der Waals surface area contributed by atoms with E-state index in [1.165, 1.54) is 24.8 Å². The number of methoxy groups -OCH3 is 1. The monoisotopic (exact) mass is 328 g/mol. The summed E-state index contributed by atoms with van der Waals surface area (Å²) in [7, 11) is 1.68. The average Bonchev–Trinajstić information content (AvgIpc) is 2.42. The molecule has 2 unspecified atom stereocenters. The van der Waals surface area contributed by atoms with E-state index < -0.39 is 0 Å². The van der Waals surface area contributed by atoms with Crippen LogP contribution in [0.25, 0.3) is 0 Å². The van der Waals surface area contributed by atoms with Crippen LogP contribution in [0, 0.1) is 5.92 Å². The molecular weight excluding hydrogens is 304 g/mol. The Balaban J connectivity index is 2.67. The maximum Gasteiger partial charge on any atom is 0.133 e. The molecule has 0 fully saturated rings. The molecule has 0 spiro atoms. The molecule has 0 amide bonds. The van der Waals surface area contributed by atoms with E-state index in [-0.39, 0.29) is 0 Å². The van der Waals surface area contributed by atoms with Gasteiger partial charge in [0.1, 0.15) is 5.75 Å². The van der Waals surface area contributed by atoms with Gasteiger partial charge in [-0.1, -0.05) is 32.8 Å². The number of halogens is 1. The molecule has 2 atom stereocenters. The molecule has 0 saturated heterocycles. The lowest BCUT2D eigenvalue weighted by Gasteiger charge is -2.23. The minimum absolute atomic E-state index is 0.312. The first-order chi connectivity index (χ1) is 9.12. The molecule has 19 heavy (non-hydrogen) atoms. The lowest BCUT2D eigenvalue weighted by molar-refractivity contribution is 0.351. The molecule has 0 aliphatic carbocycles. The minimum Gasteiger partial charge on any atom is -0.496 e. The van der Waals surface area contributed by atoms with E-state index in [0.29, 0.717) is 12.0 Å². The average molecular weight is 329 g/mol. The summed E-state index contributed by atoms with van der Waals surface area (Å²) in [6.45, 7) is 4.48. The summed E-state index contributed by atoms with van der Waals surface area (Å²) in [6, 6.07) is 6.51. The summed E-state index contributed by atoms with van der Waals surface area (Å²) in [4.78, 5) is 0. The Morgan fingerprint density at radius 3 is 2.68 bits per heavy atom. The molecule has 1 aromatic rings. The number of hydrogen-bond donors (Lipinski definition) is 2. The summed E-state index contributed by atoms with van der Waals surface area (Å²) in [6.07, 6.45) is 4.63. The van der Waals surface area contributed by atoms with E-state index in [0.717, 1.165) is 16.6 Å². The number of ether oxygens (including phenoxy) is 1. The second-order valence-electron chi connectivity index (χ2n) is 5.07. The topological polar surface area (TPSA) is 47.3 Å². The number of hydrazine groups is 1. The molecular formula is C15H25BrN2O. The van der Waals surface area contributed by atoms with E-state index in [1.807, 2.05) is 6.07 Å². The van der Waals surface area contributed by atoms with Crippen molar-refractivity contribution in [3.63, 3.8) is 0 Å². The van der Waals surface area contributed by atoms with Gasteiger partial charge in [-0.2, -0.15) is 0 Å². The molecule has 1 aromatic carbocycles. The predicted molar refractivity (Wildman–Crippen MR) is 84.2 cm³/mol. The Bertz CT molecular complexity index is 384. The van der Waals surface area contributed by atoms with Crippen LogP contribution in [-0.4, -0.2) is 13.2 Å². The number of hydrogen-bond acceptors (Lipinski definition) is 3. The molecule has 0 aliphatic heterocycles. The molecule has 0 aromatic heterocycles. The van der Waals surface area contributed by atoms with Crippen LogP contribution in [0.1, 0.15) is 38.7 Å². The smallest absolute Gasteiger partial charge is 0.133 e. The van der Waals surface area contributed by atoms with Gasteiger partial charge in [-0.3, -0.25) is 11.3 Å². The number of nitrogens with two attached hydrogens (primary N) is 1. The van der Waals surface area contributed by atoms with Gasteiger partial charge >= 0.3 is 0 Å². The van der Waals surface area contributed by atoms with Crippen molar-refractivity contribution in [3.8, 4) is 5.75 Å². The van der Waals surface area contributed by atoms with Crippen molar-refractivity contribution in [2.75, 3.05) is 7.11 Å². The van der Waals surface area contributed by atoms with Crippen molar-refractivity contribution in [3.05, 3.63) is 28.2 Å². The van der Waals surface area contributed by atoms with Crippen molar-refractivity contribution < 1.29 is 4.74 Å². The summed E-state index contributed by atoms with van der Waals surface area (Å²) in [5.41, 5.74) is 4.22. The third-order valence-corrected chi connectivity index (χ3v) is 4.21. The molecule has 0 heterocycles. The van der Waals surface area contributed by atoms with Crippen LogP contribution in [0.15, 0.2) is 22.7 Å². The van der Waals surface area contributed by atoms with Gasteiger partial charge in [-0.15, -0.1) is 0 Å². The Kier molecular flexibility index (Phi) is 7.42. The molecule has 3 N–H and O–H groups in total. The van der Waals surface area contributed by atoms with E-state index in [1.54, 1.807) is 7.11 Å². The zero-order chi connectivity index (χ0) is 14.3. The highest BCUT2D eigenvalue weighted by molar-refractivity contribution is 9.10. The van der Waals surface area contributed by atoms with E-state index >= 15 is 0 Å². The van der Waals surface area contributed by atoms with Crippen LogP contribution in [0.5, 0.6) is 5.75 Å². The third-order valence-electron chi connectivity index (χ3n) is 3.59. The van der Waals surface area contributed by atoms with Gasteiger partial charge in [0.15, 0.2) is 0 Å². The Morgan fingerprint density at radius 1 is 1.42 bits per heavy atom. The van der Waals surface area contributed by atoms with Crippen LogP contribution in [-0.2, 0) is 6.42 Å². The van der Waals surface area contributed by atoms with Crippen LogP contribution in [0.3, 0.4) is 0 Å². The van der Waals surface area contributed by atoms with Gasteiger partial charge in [0.05, 0.1) is 11.6 Å². The fraction of sp³-hybridized carbons (Fsp3) is 0.600. The number of nitrogens with one attached hydrogen (secondary N) is 1. The van der Waals surface area contributed by atoms with Crippen molar-refractivity contribution in [2.45, 2.75) is 45.6 Å². The van der Waals surface area contributed by atoms with Gasteiger partial charge in [0.25, 0.3) is 0 Å². The molecule has 108 valence electrons. The van der Waals surface area contributed by atoms with E-state index in [4.69, 9.17) is 10.6 Å². The zero-order valence-corrected chi connectivity index (χ0v) is 13.7. The third kappa shape index (κ3) is 5.13. The normalized spacial score (nSPS) is 14.2. The quantitative estimate of drug-likeness (QED) is 0.565. The lowest BCUT2D eigenvalue weighted by Crippen LogP contribution is -2.41. The number of benzene rings is 1. The highest BCUT2D eigenvalue weighted by Gasteiger charge is 2.16. The van der Waals surface area contributed by atoms with Gasteiger partial charge in [0.2, 0.25) is 0 Å². The van der Waals surface area contributed by atoms with Gasteiger partial charge in [-0.25, -0.2) is 0 Å². The van der Waals surface area contributed by atoms with E-state index in [9.17, 15) is 0 Å². The maximum atomic E-state index is 5.70. The Hall–Kier alpha value is -0.580. The second-order valence-corrected chi connectivity index (χ2v) is 5.92. The summed E-state index contributed by atoms with van der Waals surface area (Å²) in [5.74, 6) is 7.14. The molecule has 0 radical (unpaired) electrons. The lowest BCUT2D eigenvalue weighted by atomic mass is 9.91. The first kappa shape index (κ1) is 16.5. The van der Waals surface area contributed by atoms with Crippen LogP contribution in [0.4, 0.5) is 0 Å². The fourth-order valence-electron chi connectivity index (χ4n) is 2.24. The summed E-state index contributed by atoms with van der Waals surface area (Å²) in [5, 5.41) is 0. The van der Waals surface area contributed by atoms with Crippen molar-refractivity contribution in [1.29, 1.82) is 0 Å². The molecule has 0 aliphatic rings. The molecule has 0 saturated carbocycles. The second kappa shape index (κ2) is 8.56. The Morgan fingerprint density at radius 2 is 2.16 bits per heavy atom. The first-order valence-corrected chi connectivity index (χ1v) is 7.70. The molecule has 3 nitrogen and oxygen atoms in total. The van der Waals surface area contributed by atoms with Crippen LogP contribution >= 0.6 is 15.9 Å². The van der Waals surface area contributed by atoms with Crippen molar-refractivity contribution >= 4 is 15.9 Å². The van der Waals surface area contributed by atoms with Gasteiger partial charge in [0, 0.05) is 6.04 Å². The molecule has 0 bridgehead atoms. The zero-order valence-electron chi connectivity index (χ0n) is 12.1. The summed E-state index contributed by atoms with van der Waals surface area (Å²) < 4.78 is 6.23. The first-order valence-electron chi connectivity index (χ1n) is 6.90.